The predicted molar refractivity (Wildman–Crippen MR) is 86.2 cm³/mol. The van der Waals surface area contributed by atoms with Crippen LogP contribution in [0.15, 0.2) is 24.8 Å². The molecule has 1 fully saturated rings. The first-order valence-corrected chi connectivity index (χ1v) is 7.86. The fourth-order valence-electron chi connectivity index (χ4n) is 2.49. The SMILES string of the molecule is C=CCN(c1cc(CNCC)cc(CCC)n1)C1CC1. The zero-order valence-corrected chi connectivity index (χ0v) is 12.9. The Morgan fingerprint density at radius 2 is 2.20 bits per heavy atom. The number of anilines is 1. The zero-order valence-electron chi connectivity index (χ0n) is 12.9. The van der Waals surface area contributed by atoms with Gasteiger partial charge in [0, 0.05) is 24.8 Å². The maximum absolute atomic E-state index is 4.86. The third-order valence-electron chi connectivity index (χ3n) is 3.62. The van der Waals surface area contributed by atoms with Crippen LogP contribution in [0.4, 0.5) is 5.82 Å². The van der Waals surface area contributed by atoms with Crippen LogP contribution in [0, 0.1) is 0 Å². The molecule has 0 spiro atoms. The van der Waals surface area contributed by atoms with Crippen LogP contribution in [0.3, 0.4) is 0 Å². The molecule has 1 aliphatic rings. The van der Waals surface area contributed by atoms with E-state index in [2.05, 4.69) is 42.8 Å². The van der Waals surface area contributed by atoms with E-state index in [-0.39, 0.29) is 0 Å². The molecule has 0 atom stereocenters. The molecule has 1 N–H and O–H groups in total. The summed E-state index contributed by atoms with van der Waals surface area (Å²) in [5.41, 5.74) is 2.56. The molecule has 0 saturated heterocycles. The Morgan fingerprint density at radius 3 is 2.80 bits per heavy atom. The van der Waals surface area contributed by atoms with Crippen LogP contribution in [-0.2, 0) is 13.0 Å². The van der Waals surface area contributed by atoms with E-state index in [4.69, 9.17) is 4.98 Å². The molecule has 0 radical (unpaired) electrons. The third kappa shape index (κ3) is 4.07. The van der Waals surface area contributed by atoms with Crippen molar-refractivity contribution in [2.24, 2.45) is 0 Å². The highest BCUT2D eigenvalue weighted by atomic mass is 15.2. The van der Waals surface area contributed by atoms with Crippen LogP contribution in [0.5, 0.6) is 0 Å². The molecular formula is C17H27N3. The minimum atomic E-state index is 0.671. The summed E-state index contributed by atoms with van der Waals surface area (Å²) in [5, 5.41) is 3.41. The molecule has 1 aromatic heterocycles. The minimum absolute atomic E-state index is 0.671. The molecular weight excluding hydrogens is 246 g/mol. The van der Waals surface area contributed by atoms with E-state index < -0.39 is 0 Å². The molecule has 2 rings (SSSR count). The summed E-state index contributed by atoms with van der Waals surface area (Å²) in [7, 11) is 0. The highest BCUT2D eigenvalue weighted by molar-refractivity contribution is 5.46. The van der Waals surface area contributed by atoms with E-state index in [0.717, 1.165) is 38.3 Å². The largest absolute Gasteiger partial charge is 0.350 e. The van der Waals surface area contributed by atoms with Crippen LogP contribution in [-0.4, -0.2) is 24.1 Å². The second-order valence-electron chi connectivity index (χ2n) is 5.53. The Hall–Kier alpha value is -1.35. The Balaban J connectivity index is 2.23. The normalized spacial score (nSPS) is 14.3. The summed E-state index contributed by atoms with van der Waals surface area (Å²) in [4.78, 5) is 7.27. The van der Waals surface area contributed by atoms with E-state index in [0.29, 0.717) is 6.04 Å². The molecule has 3 nitrogen and oxygen atoms in total. The van der Waals surface area contributed by atoms with Crippen molar-refractivity contribution in [2.75, 3.05) is 18.0 Å². The minimum Gasteiger partial charge on any atom is -0.350 e. The van der Waals surface area contributed by atoms with E-state index in [1.807, 2.05) is 6.08 Å². The van der Waals surface area contributed by atoms with Crippen molar-refractivity contribution in [3.05, 3.63) is 36.0 Å². The van der Waals surface area contributed by atoms with Gasteiger partial charge in [-0.15, -0.1) is 6.58 Å². The van der Waals surface area contributed by atoms with Gasteiger partial charge in [0.15, 0.2) is 0 Å². The third-order valence-corrected chi connectivity index (χ3v) is 3.62. The van der Waals surface area contributed by atoms with Gasteiger partial charge in [-0.25, -0.2) is 4.98 Å². The second-order valence-corrected chi connectivity index (χ2v) is 5.53. The van der Waals surface area contributed by atoms with Gasteiger partial charge in [0.05, 0.1) is 0 Å². The highest BCUT2D eigenvalue weighted by Gasteiger charge is 2.29. The van der Waals surface area contributed by atoms with Crippen LogP contribution < -0.4 is 10.2 Å². The summed E-state index contributed by atoms with van der Waals surface area (Å²) in [6, 6.07) is 5.16. The number of pyridine rings is 1. The molecule has 20 heavy (non-hydrogen) atoms. The van der Waals surface area contributed by atoms with E-state index in [1.54, 1.807) is 0 Å². The van der Waals surface area contributed by atoms with Crippen molar-refractivity contribution in [3.8, 4) is 0 Å². The van der Waals surface area contributed by atoms with Gasteiger partial charge in [0.2, 0.25) is 0 Å². The number of hydrogen-bond donors (Lipinski definition) is 1. The van der Waals surface area contributed by atoms with E-state index in [1.165, 1.54) is 24.1 Å². The van der Waals surface area contributed by atoms with E-state index in [9.17, 15) is 0 Å². The fourth-order valence-corrected chi connectivity index (χ4v) is 2.49. The Bertz CT molecular complexity index is 438. The Kier molecular flexibility index (Phi) is 5.60. The van der Waals surface area contributed by atoms with Crippen molar-refractivity contribution < 1.29 is 0 Å². The lowest BCUT2D eigenvalue weighted by Crippen LogP contribution is -2.27. The Labute approximate surface area is 123 Å². The molecule has 1 saturated carbocycles. The van der Waals surface area contributed by atoms with Gasteiger partial charge < -0.3 is 10.2 Å². The van der Waals surface area contributed by atoms with Crippen molar-refractivity contribution in [3.63, 3.8) is 0 Å². The number of hydrogen-bond acceptors (Lipinski definition) is 3. The molecule has 0 aromatic carbocycles. The van der Waals surface area contributed by atoms with Crippen molar-refractivity contribution in [1.82, 2.24) is 10.3 Å². The molecule has 110 valence electrons. The predicted octanol–water partition coefficient (Wildman–Crippen LogP) is 3.30. The first-order valence-electron chi connectivity index (χ1n) is 7.86. The maximum atomic E-state index is 4.86. The number of nitrogens with one attached hydrogen (secondary N) is 1. The zero-order chi connectivity index (χ0) is 14.4. The van der Waals surface area contributed by atoms with Crippen LogP contribution >= 0.6 is 0 Å². The van der Waals surface area contributed by atoms with Crippen LogP contribution in [0.25, 0.3) is 0 Å². The smallest absolute Gasteiger partial charge is 0.129 e. The van der Waals surface area contributed by atoms with Gasteiger partial charge in [-0.1, -0.05) is 26.3 Å². The summed E-state index contributed by atoms with van der Waals surface area (Å²) < 4.78 is 0. The lowest BCUT2D eigenvalue weighted by atomic mass is 10.1. The van der Waals surface area contributed by atoms with Crippen molar-refractivity contribution in [1.29, 1.82) is 0 Å². The lowest BCUT2D eigenvalue weighted by molar-refractivity contribution is 0.720. The topological polar surface area (TPSA) is 28.2 Å². The summed E-state index contributed by atoms with van der Waals surface area (Å²) in [6.45, 7) is 11.1. The molecule has 3 heteroatoms. The number of aryl methyl sites for hydroxylation is 1. The summed E-state index contributed by atoms with van der Waals surface area (Å²) in [5.74, 6) is 1.13. The average Bonchev–Trinajstić information content (AvgIpc) is 3.27. The lowest BCUT2D eigenvalue weighted by Gasteiger charge is -2.23. The summed E-state index contributed by atoms with van der Waals surface area (Å²) in [6.07, 6.45) is 6.75. The monoisotopic (exact) mass is 273 g/mol. The average molecular weight is 273 g/mol. The number of nitrogens with zero attached hydrogens (tertiary/aromatic N) is 2. The van der Waals surface area contributed by atoms with E-state index >= 15 is 0 Å². The standard InChI is InChI=1S/C17H27N3/c1-4-7-15-11-14(13-18-6-3)12-17(19-15)20(10-5-2)16-8-9-16/h5,11-12,16,18H,2,4,6-10,13H2,1,3H3. The van der Waals surface area contributed by atoms with Crippen LogP contribution in [0.1, 0.15) is 44.4 Å². The first kappa shape index (κ1) is 15.0. The van der Waals surface area contributed by atoms with Crippen molar-refractivity contribution in [2.45, 2.75) is 52.1 Å². The molecule has 0 bridgehead atoms. The molecule has 1 aliphatic carbocycles. The van der Waals surface area contributed by atoms with Gasteiger partial charge in [-0.2, -0.15) is 0 Å². The maximum Gasteiger partial charge on any atom is 0.129 e. The first-order chi connectivity index (χ1) is 9.78. The van der Waals surface area contributed by atoms with Gasteiger partial charge >= 0.3 is 0 Å². The fraction of sp³-hybridized carbons (Fsp3) is 0.588. The van der Waals surface area contributed by atoms with Crippen LogP contribution in [0.2, 0.25) is 0 Å². The van der Waals surface area contributed by atoms with Crippen molar-refractivity contribution >= 4 is 5.82 Å². The van der Waals surface area contributed by atoms with Gasteiger partial charge in [0.25, 0.3) is 0 Å². The molecule has 0 unspecified atom stereocenters. The second kappa shape index (κ2) is 7.44. The quantitative estimate of drug-likeness (QED) is 0.700. The van der Waals surface area contributed by atoms with Gasteiger partial charge in [-0.3, -0.25) is 0 Å². The number of rotatable bonds is 9. The summed E-state index contributed by atoms with van der Waals surface area (Å²) >= 11 is 0. The Morgan fingerprint density at radius 1 is 1.40 bits per heavy atom. The van der Waals surface area contributed by atoms with Gasteiger partial charge in [-0.05, 0) is 43.5 Å². The molecule has 1 heterocycles. The molecule has 0 aliphatic heterocycles. The van der Waals surface area contributed by atoms with Gasteiger partial charge in [0.1, 0.15) is 5.82 Å². The highest BCUT2D eigenvalue weighted by Crippen LogP contribution is 2.31. The molecule has 1 aromatic rings. The number of aromatic nitrogens is 1. The molecule has 0 amide bonds.